The van der Waals surface area contributed by atoms with Crippen LogP contribution < -0.4 is 5.73 Å². The molecule has 2 rings (SSSR count). The van der Waals surface area contributed by atoms with Gasteiger partial charge in [0, 0.05) is 9.75 Å². The van der Waals surface area contributed by atoms with Gasteiger partial charge in [-0.1, -0.05) is 0 Å². The Hall–Kier alpha value is -1.99. The van der Waals surface area contributed by atoms with Crippen molar-refractivity contribution < 1.29 is 19.1 Å². The predicted octanol–water partition coefficient (Wildman–Crippen LogP) is 1.96. The molecule has 110 valence electrons. The largest absolute Gasteiger partial charge is 0.468 e. The maximum atomic E-state index is 11.5. The van der Waals surface area contributed by atoms with Gasteiger partial charge in [0.25, 0.3) is 0 Å². The Labute approximate surface area is 129 Å². The van der Waals surface area contributed by atoms with Gasteiger partial charge >= 0.3 is 5.97 Å². The molecule has 0 saturated heterocycles. The lowest BCUT2D eigenvalue weighted by Crippen LogP contribution is -2.14. The molecule has 2 aromatic rings. The molecule has 0 saturated carbocycles. The van der Waals surface area contributed by atoms with Crippen LogP contribution in [-0.4, -0.2) is 25.3 Å². The van der Waals surface area contributed by atoms with Crippen molar-refractivity contribution in [2.45, 2.75) is 12.3 Å². The van der Waals surface area contributed by atoms with E-state index in [9.17, 15) is 14.4 Å². The van der Waals surface area contributed by atoms with Crippen LogP contribution in [-0.2, 0) is 25.5 Å². The minimum absolute atomic E-state index is 0.173. The number of rotatable bonds is 6. The van der Waals surface area contributed by atoms with Gasteiger partial charge in [-0.25, -0.2) is 0 Å². The number of hydrogen-bond acceptors (Lipinski definition) is 6. The molecule has 1 amide bonds. The highest BCUT2D eigenvalue weighted by atomic mass is 32.1. The van der Waals surface area contributed by atoms with Gasteiger partial charge in [0.15, 0.2) is 0 Å². The van der Waals surface area contributed by atoms with Gasteiger partial charge in [-0.3, -0.25) is 9.59 Å². The van der Waals surface area contributed by atoms with Gasteiger partial charge in [0.1, 0.15) is 12.2 Å². The third-order valence-corrected chi connectivity index (χ3v) is 4.85. The zero-order valence-electron chi connectivity index (χ0n) is 11.2. The maximum absolute atomic E-state index is 11.5. The van der Waals surface area contributed by atoms with Gasteiger partial charge in [-0.05, 0) is 34.0 Å². The third kappa shape index (κ3) is 3.37. The Bertz CT molecular complexity index is 674. The summed E-state index contributed by atoms with van der Waals surface area (Å²) in [5.74, 6) is -1.89. The summed E-state index contributed by atoms with van der Waals surface area (Å²) in [4.78, 5) is 35.2. The third-order valence-electron chi connectivity index (χ3n) is 2.91. The van der Waals surface area contributed by atoms with Crippen LogP contribution in [0.25, 0.3) is 11.1 Å². The number of nitrogens with two attached hydrogens (primary N) is 1. The molecule has 0 aliphatic heterocycles. The molecule has 2 aromatic heterocycles. The van der Waals surface area contributed by atoms with E-state index in [2.05, 4.69) is 4.74 Å². The van der Waals surface area contributed by atoms with E-state index in [-0.39, 0.29) is 6.42 Å². The van der Waals surface area contributed by atoms with E-state index in [1.807, 2.05) is 16.8 Å². The molecule has 2 N–H and O–H groups in total. The van der Waals surface area contributed by atoms with Crippen molar-refractivity contribution in [3.63, 3.8) is 0 Å². The van der Waals surface area contributed by atoms with Crippen LogP contribution >= 0.6 is 22.7 Å². The molecule has 5 nitrogen and oxygen atoms in total. The molecule has 0 bridgehead atoms. The molecule has 0 spiro atoms. The molecule has 0 aliphatic carbocycles. The molecule has 0 fully saturated rings. The normalized spacial score (nSPS) is 11.9. The Morgan fingerprint density at radius 2 is 2.19 bits per heavy atom. The Morgan fingerprint density at radius 3 is 2.81 bits per heavy atom. The molecule has 0 aliphatic rings. The second-order valence-corrected chi connectivity index (χ2v) is 6.22. The van der Waals surface area contributed by atoms with Crippen molar-refractivity contribution in [2.75, 3.05) is 7.11 Å². The number of esters is 1. The van der Waals surface area contributed by atoms with E-state index in [0.717, 1.165) is 16.0 Å². The topological polar surface area (TPSA) is 86.5 Å². The van der Waals surface area contributed by atoms with E-state index in [4.69, 9.17) is 5.73 Å². The van der Waals surface area contributed by atoms with Gasteiger partial charge in [-0.2, -0.15) is 0 Å². The van der Waals surface area contributed by atoms with E-state index >= 15 is 0 Å². The molecule has 1 atom stereocenters. The number of carbonyl (C=O) groups excluding carboxylic acids is 3. The summed E-state index contributed by atoms with van der Waals surface area (Å²) in [6.07, 6.45) is 0.742. The lowest BCUT2D eigenvalue weighted by Gasteiger charge is -2.04. The first-order valence-corrected chi connectivity index (χ1v) is 7.79. The molecule has 1 unspecified atom stereocenters. The van der Waals surface area contributed by atoms with Crippen LogP contribution in [0.5, 0.6) is 0 Å². The number of aldehydes is 1. The van der Waals surface area contributed by atoms with Crippen molar-refractivity contribution in [1.82, 2.24) is 0 Å². The lowest BCUT2D eigenvalue weighted by molar-refractivity contribution is -0.143. The highest BCUT2D eigenvalue weighted by Gasteiger charge is 2.23. The first-order chi connectivity index (χ1) is 10.1. The number of hydrogen-bond donors (Lipinski definition) is 1. The van der Waals surface area contributed by atoms with Crippen LogP contribution in [0, 0.1) is 0 Å². The standard InChI is InChI=1S/C14H13NO4S2/c1-19-14(18)10(6-16)11-4-8(7-21-11)9-2-3-20-12(9)5-13(15)17/h2-4,6-7,10H,5H2,1H3,(H2,15,17). The van der Waals surface area contributed by atoms with Crippen LogP contribution in [0.2, 0.25) is 0 Å². The molecular formula is C14H13NO4S2. The number of methoxy groups -OCH3 is 1. The Kier molecular flexibility index (Phi) is 4.87. The lowest BCUT2D eigenvalue weighted by atomic mass is 10.1. The van der Waals surface area contributed by atoms with Crippen LogP contribution in [0.1, 0.15) is 15.7 Å². The quantitative estimate of drug-likeness (QED) is 0.500. The van der Waals surface area contributed by atoms with Crippen LogP contribution in [0.15, 0.2) is 22.9 Å². The molecule has 21 heavy (non-hydrogen) atoms. The van der Waals surface area contributed by atoms with Crippen molar-refractivity contribution in [2.24, 2.45) is 5.73 Å². The number of ether oxygens (including phenoxy) is 1. The predicted molar refractivity (Wildman–Crippen MR) is 81.4 cm³/mol. The molecule has 0 radical (unpaired) electrons. The van der Waals surface area contributed by atoms with E-state index < -0.39 is 17.8 Å². The van der Waals surface area contributed by atoms with Gasteiger partial charge in [0.2, 0.25) is 5.91 Å². The summed E-state index contributed by atoms with van der Waals surface area (Å²) < 4.78 is 4.61. The summed E-state index contributed by atoms with van der Waals surface area (Å²) in [5, 5.41) is 3.73. The zero-order valence-corrected chi connectivity index (χ0v) is 12.8. The second kappa shape index (κ2) is 6.64. The summed E-state index contributed by atoms with van der Waals surface area (Å²) in [5.41, 5.74) is 6.99. The minimum Gasteiger partial charge on any atom is -0.468 e. The molecule has 7 heteroatoms. The van der Waals surface area contributed by atoms with Crippen molar-refractivity contribution in [1.29, 1.82) is 0 Å². The minimum atomic E-state index is -0.910. The summed E-state index contributed by atoms with van der Waals surface area (Å²) in [6.45, 7) is 0. The van der Waals surface area contributed by atoms with E-state index in [1.165, 1.54) is 29.8 Å². The van der Waals surface area contributed by atoms with E-state index in [1.54, 1.807) is 6.07 Å². The number of primary amides is 1. The van der Waals surface area contributed by atoms with Gasteiger partial charge < -0.3 is 15.3 Å². The number of carbonyl (C=O) groups is 3. The fraction of sp³-hybridized carbons (Fsp3) is 0.214. The first kappa shape index (κ1) is 15.4. The number of amides is 1. The van der Waals surface area contributed by atoms with Crippen LogP contribution in [0.4, 0.5) is 0 Å². The smallest absolute Gasteiger partial charge is 0.321 e. The average Bonchev–Trinajstić information content (AvgIpc) is 3.07. The average molecular weight is 323 g/mol. The first-order valence-electron chi connectivity index (χ1n) is 6.03. The second-order valence-electron chi connectivity index (χ2n) is 4.28. The monoisotopic (exact) mass is 323 g/mol. The maximum Gasteiger partial charge on any atom is 0.321 e. The molecular weight excluding hydrogens is 310 g/mol. The highest BCUT2D eigenvalue weighted by molar-refractivity contribution is 7.11. The molecule has 2 heterocycles. The van der Waals surface area contributed by atoms with Gasteiger partial charge in [-0.15, -0.1) is 22.7 Å². The number of thiophene rings is 2. The summed E-state index contributed by atoms with van der Waals surface area (Å²) >= 11 is 2.76. The Balaban J connectivity index is 2.32. The van der Waals surface area contributed by atoms with Crippen molar-refractivity contribution in [3.05, 3.63) is 32.6 Å². The van der Waals surface area contributed by atoms with E-state index in [0.29, 0.717) is 11.2 Å². The van der Waals surface area contributed by atoms with Crippen molar-refractivity contribution >= 4 is 40.8 Å². The summed E-state index contributed by atoms with van der Waals surface area (Å²) in [6, 6.07) is 3.66. The fourth-order valence-corrected chi connectivity index (χ4v) is 3.77. The van der Waals surface area contributed by atoms with Crippen molar-refractivity contribution in [3.8, 4) is 11.1 Å². The van der Waals surface area contributed by atoms with Crippen LogP contribution in [0.3, 0.4) is 0 Å². The van der Waals surface area contributed by atoms with Gasteiger partial charge in [0.05, 0.1) is 13.5 Å². The highest BCUT2D eigenvalue weighted by Crippen LogP contribution is 2.34. The zero-order chi connectivity index (χ0) is 15.4. The summed E-state index contributed by atoms with van der Waals surface area (Å²) in [7, 11) is 1.25. The SMILES string of the molecule is COC(=O)C(C=O)c1cc(-c2ccsc2CC(N)=O)cs1. The molecule has 0 aromatic carbocycles. The fourth-order valence-electron chi connectivity index (χ4n) is 1.92. The Morgan fingerprint density at radius 1 is 1.43 bits per heavy atom.